The summed E-state index contributed by atoms with van der Waals surface area (Å²) in [6.07, 6.45) is 0.463. The molecule has 2 aromatic carbocycles. The van der Waals surface area contributed by atoms with Gasteiger partial charge in [0.2, 0.25) is 6.23 Å². The monoisotopic (exact) mass is 438 g/mol. The third kappa shape index (κ3) is 2.88. The third-order valence-electron chi connectivity index (χ3n) is 5.18. The average Bonchev–Trinajstić information content (AvgIpc) is 3.34. The minimum atomic E-state index is -0.307. The highest BCUT2D eigenvalue weighted by Gasteiger charge is 2.41. The zero-order chi connectivity index (χ0) is 19.3. The highest BCUT2D eigenvalue weighted by atomic mass is 79.9. The van der Waals surface area contributed by atoms with Crippen molar-refractivity contribution in [3.05, 3.63) is 81.7 Å². The SMILES string of the molecule is COc1ccc([C@H]2Oc3ccc(Br)cc3[C@@H]3CC(c4ccc(C)o4)=NN23)cc1. The van der Waals surface area contributed by atoms with E-state index >= 15 is 0 Å². The van der Waals surface area contributed by atoms with Crippen molar-refractivity contribution in [3.63, 3.8) is 0 Å². The fourth-order valence-electron chi connectivity index (χ4n) is 3.79. The molecule has 142 valence electrons. The van der Waals surface area contributed by atoms with Gasteiger partial charge in [-0.2, -0.15) is 5.10 Å². The number of rotatable bonds is 3. The van der Waals surface area contributed by atoms with Crippen LogP contribution in [-0.4, -0.2) is 17.8 Å². The average molecular weight is 439 g/mol. The molecule has 0 N–H and O–H groups in total. The molecule has 0 unspecified atom stereocenters. The Bertz CT molecular complexity index is 1060. The van der Waals surface area contributed by atoms with Crippen LogP contribution in [0.1, 0.15) is 41.3 Å². The van der Waals surface area contributed by atoms with Gasteiger partial charge < -0.3 is 13.9 Å². The first-order chi connectivity index (χ1) is 13.6. The zero-order valence-corrected chi connectivity index (χ0v) is 17.1. The number of hydrogen-bond donors (Lipinski definition) is 0. The molecule has 0 bridgehead atoms. The number of nitrogens with zero attached hydrogens (tertiary/aromatic N) is 2. The van der Waals surface area contributed by atoms with Crippen LogP contribution in [0.3, 0.4) is 0 Å². The normalized spacial score (nSPS) is 20.2. The molecule has 0 radical (unpaired) electrons. The van der Waals surface area contributed by atoms with Crippen molar-refractivity contribution in [1.29, 1.82) is 0 Å². The molecule has 28 heavy (non-hydrogen) atoms. The maximum atomic E-state index is 6.38. The lowest BCUT2D eigenvalue weighted by Crippen LogP contribution is -2.33. The topological polar surface area (TPSA) is 47.2 Å². The van der Waals surface area contributed by atoms with Crippen LogP contribution in [0.4, 0.5) is 0 Å². The predicted octanol–water partition coefficient (Wildman–Crippen LogP) is 5.60. The van der Waals surface area contributed by atoms with E-state index in [1.165, 1.54) is 0 Å². The number of hydrazone groups is 1. The lowest BCUT2D eigenvalue weighted by atomic mass is 9.97. The Morgan fingerprint density at radius 2 is 1.93 bits per heavy atom. The zero-order valence-electron chi connectivity index (χ0n) is 15.6. The summed E-state index contributed by atoms with van der Waals surface area (Å²) in [7, 11) is 1.67. The maximum absolute atomic E-state index is 6.38. The number of methoxy groups -OCH3 is 1. The fraction of sp³-hybridized carbons (Fsp3) is 0.227. The number of aryl methyl sites for hydroxylation is 1. The van der Waals surface area contributed by atoms with Gasteiger partial charge in [0.15, 0.2) is 0 Å². The Hall–Kier alpha value is -2.73. The van der Waals surface area contributed by atoms with Gasteiger partial charge in [0.05, 0.1) is 13.2 Å². The van der Waals surface area contributed by atoms with Crippen LogP contribution >= 0.6 is 15.9 Å². The highest BCUT2D eigenvalue weighted by molar-refractivity contribution is 9.10. The predicted molar refractivity (Wildman–Crippen MR) is 110 cm³/mol. The minimum Gasteiger partial charge on any atom is -0.497 e. The molecular formula is C22H19BrN2O3. The molecule has 1 aromatic heterocycles. The Morgan fingerprint density at radius 3 is 2.64 bits per heavy atom. The van der Waals surface area contributed by atoms with E-state index in [4.69, 9.17) is 19.0 Å². The van der Waals surface area contributed by atoms with E-state index in [2.05, 4.69) is 22.0 Å². The van der Waals surface area contributed by atoms with Gasteiger partial charge in [-0.3, -0.25) is 0 Å². The molecule has 0 saturated heterocycles. The molecular weight excluding hydrogens is 420 g/mol. The van der Waals surface area contributed by atoms with Crippen molar-refractivity contribution in [2.45, 2.75) is 25.6 Å². The van der Waals surface area contributed by atoms with E-state index in [0.717, 1.165) is 50.8 Å². The molecule has 0 amide bonds. The van der Waals surface area contributed by atoms with Gasteiger partial charge in [-0.15, -0.1) is 0 Å². The summed E-state index contributed by atoms with van der Waals surface area (Å²) in [6.45, 7) is 1.95. The standard InChI is InChI=1S/C22H19BrN2O3/c1-13-3-9-21(27-13)18-12-19-17-11-15(23)6-10-20(17)28-22(25(19)24-18)14-4-7-16(26-2)8-5-14/h3-11,19,22H,12H2,1-2H3/t19-,22+/m0/s1. The van der Waals surface area contributed by atoms with Gasteiger partial charge in [-0.25, -0.2) is 5.01 Å². The molecule has 6 heteroatoms. The van der Waals surface area contributed by atoms with Gasteiger partial charge in [-0.05, 0) is 61.5 Å². The molecule has 3 heterocycles. The van der Waals surface area contributed by atoms with E-state index in [0.29, 0.717) is 0 Å². The number of halogens is 1. The van der Waals surface area contributed by atoms with Crippen LogP contribution in [-0.2, 0) is 0 Å². The van der Waals surface area contributed by atoms with Crippen molar-refractivity contribution >= 4 is 21.6 Å². The van der Waals surface area contributed by atoms with E-state index < -0.39 is 0 Å². The molecule has 3 aromatic rings. The second-order valence-electron chi connectivity index (χ2n) is 6.98. The second-order valence-corrected chi connectivity index (χ2v) is 7.90. The lowest BCUT2D eigenvalue weighted by Gasteiger charge is -2.38. The first-order valence-corrected chi connectivity index (χ1v) is 9.94. The largest absolute Gasteiger partial charge is 0.497 e. The van der Waals surface area contributed by atoms with Crippen molar-refractivity contribution in [2.24, 2.45) is 5.10 Å². The number of ether oxygens (including phenoxy) is 2. The van der Waals surface area contributed by atoms with Gasteiger partial charge in [0.1, 0.15) is 28.7 Å². The molecule has 2 aliphatic rings. The van der Waals surface area contributed by atoms with Crippen molar-refractivity contribution in [3.8, 4) is 11.5 Å². The lowest BCUT2D eigenvalue weighted by molar-refractivity contribution is -0.0191. The minimum absolute atomic E-state index is 0.0914. The maximum Gasteiger partial charge on any atom is 0.213 e. The summed E-state index contributed by atoms with van der Waals surface area (Å²) in [4.78, 5) is 0. The van der Waals surface area contributed by atoms with Crippen molar-refractivity contribution < 1.29 is 13.9 Å². The molecule has 0 saturated carbocycles. The Morgan fingerprint density at radius 1 is 1.11 bits per heavy atom. The van der Waals surface area contributed by atoms with Crippen LogP contribution in [0.25, 0.3) is 0 Å². The van der Waals surface area contributed by atoms with E-state index in [1.54, 1.807) is 7.11 Å². The van der Waals surface area contributed by atoms with Crippen LogP contribution in [0.15, 0.2) is 68.6 Å². The number of hydrogen-bond acceptors (Lipinski definition) is 5. The van der Waals surface area contributed by atoms with Crippen LogP contribution < -0.4 is 9.47 Å². The van der Waals surface area contributed by atoms with Gasteiger partial charge in [0, 0.05) is 22.0 Å². The smallest absolute Gasteiger partial charge is 0.213 e. The number of fused-ring (bicyclic) bond motifs is 3. The summed E-state index contributed by atoms with van der Waals surface area (Å²) in [6, 6.07) is 18.1. The Labute approximate surface area is 171 Å². The fourth-order valence-corrected chi connectivity index (χ4v) is 4.16. The molecule has 0 aliphatic carbocycles. The van der Waals surface area contributed by atoms with Crippen LogP contribution in [0.2, 0.25) is 0 Å². The summed E-state index contributed by atoms with van der Waals surface area (Å²) in [5.41, 5.74) is 3.09. The Balaban J connectivity index is 1.58. The van der Waals surface area contributed by atoms with E-state index in [9.17, 15) is 0 Å². The molecule has 2 atom stereocenters. The third-order valence-corrected chi connectivity index (χ3v) is 5.67. The van der Waals surface area contributed by atoms with Crippen LogP contribution in [0, 0.1) is 6.92 Å². The summed E-state index contributed by atoms with van der Waals surface area (Å²) < 4.78 is 18.5. The quantitative estimate of drug-likeness (QED) is 0.533. The number of furan rings is 1. The van der Waals surface area contributed by atoms with Crippen molar-refractivity contribution in [1.82, 2.24) is 5.01 Å². The summed E-state index contributed by atoms with van der Waals surface area (Å²) in [5, 5.41) is 6.95. The van der Waals surface area contributed by atoms with Crippen molar-refractivity contribution in [2.75, 3.05) is 7.11 Å². The van der Waals surface area contributed by atoms with Gasteiger partial charge in [0.25, 0.3) is 0 Å². The molecule has 0 fully saturated rings. The first kappa shape index (κ1) is 17.4. The molecule has 0 spiro atoms. The number of benzene rings is 2. The van der Waals surface area contributed by atoms with E-state index in [1.807, 2.05) is 60.5 Å². The molecule has 2 aliphatic heterocycles. The summed E-state index contributed by atoms with van der Waals surface area (Å²) >= 11 is 3.58. The second kappa shape index (κ2) is 6.71. The van der Waals surface area contributed by atoms with E-state index in [-0.39, 0.29) is 12.3 Å². The van der Waals surface area contributed by atoms with Crippen LogP contribution in [0.5, 0.6) is 11.5 Å². The Kier molecular flexibility index (Phi) is 4.16. The van der Waals surface area contributed by atoms with Gasteiger partial charge >= 0.3 is 0 Å². The van der Waals surface area contributed by atoms with Gasteiger partial charge in [-0.1, -0.05) is 15.9 Å². The first-order valence-electron chi connectivity index (χ1n) is 9.15. The summed E-state index contributed by atoms with van der Waals surface area (Å²) in [5.74, 6) is 3.40. The molecule has 5 rings (SSSR count). The molecule has 5 nitrogen and oxygen atoms in total. The highest BCUT2D eigenvalue weighted by Crippen LogP contribution is 2.48.